The molecule has 1 aromatic rings. The van der Waals surface area contributed by atoms with Gasteiger partial charge in [-0.2, -0.15) is 0 Å². The fourth-order valence-electron chi connectivity index (χ4n) is 2.89. The van der Waals surface area contributed by atoms with Crippen molar-refractivity contribution in [3.63, 3.8) is 0 Å². The summed E-state index contributed by atoms with van der Waals surface area (Å²) in [6, 6.07) is 5.00. The number of methoxy groups -OCH3 is 1. The molecule has 19 heavy (non-hydrogen) atoms. The van der Waals surface area contributed by atoms with Crippen molar-refractivity contribution in [1.82, 2.24) is 5.32 Å². The summed E-state index contributed by atoms with van der Waals surface area (Å²) in [6.07, 6.45) is 6.61. The zero-order valence-electron chi connectivity index (χ0n) is 12.4. The van der Waals surface area contributed by atoms with Crippen molar-refractivity contribution in [3.8, 4) is 0 Å². The maximum absolute atomic E-state index is 5.50. The minimum atomic E-state index is -0.0251. The summed E-state index contributed by atoms with van der Waals surface area (Å²) >= 11 is 1.89. The van der Waals surface area contributed by atoms with Gasteiger partial charge in [0, 0.05) is 18.0 Å². The summed E-state index contributed by atoms with van der Waals surface area (Å²) in [4.78, 5) is 1.50. The van der Waals surface area contributed by atoms with E-state index in [9.17, 15) is 0 Å². The van der Waals surface area contributed by atoms with Gasteiger partial charge >= 0.3 is 0 Å². The van der Waals surface area contributed by atoms with E-state index in [0.717, 1.165) is 18.9 Å². The second-order valence-corrected chi connectivity index (χ2v) is 7.18. The van der Waals surface area contributed by atoms with Gasteiger partial charge in [-0.15, -0.1) is 11.3 Å². The third-order valence-corrected chi connectivity index (χ3v) is 5.32. The Labute approximate surface area is 121 Å². The number of hydrogen-bond acceptors (Lipinski definition) is 3. The first-order valence-electron chi connectivity index (χ1n) is 7.44. The van der Waals surface area contributed by atoms with Crippen LogP contribution in [0.25, 0.3) is 0 Å². The van der Waals surface area contributed by atoms with Gasteiger partial charge < -0.3 is 10.1 Å². The fraction of sp³-hybridized carbons (Fsp3) is 0.750. The van der Waals surface area contributed by atoms with Crippen molar-refractivity contribution < 1.29 is 4.74 Å². The van der Waals surface area contributed by atoms with Crippen molar-refractivity contribution in [2.75, 3.05) is 13.7 Å². The average Bonchev–Trinajstić information content (AvgIpc) is 3.07. The first-order valence-corrected chi connectivity index (χ1v) is 8.32. The molecule has 1 fully saturated rings. The van der Waals surface area contributed by atoms with Gasteiger partial charge in [0.2, 0.25) is 0 Å². The highest BCUT2D eigenvalue weighted by atomic mass is 32.1. The van der Waals surface area contributed by atoms with E-state index >= 15 is 0 Å². The lowest BCUT2D eigenvalue weighted by molar-refractivity contribution is 0.0149. The molecular formula is C16H27NOS. The van der Waals surface area contributed by atoms with Gasteiger partial charge in [0.05, 0.1) is 5.60 Å². The predicted molar refractivity (Wildman–Crippen MR) is 82.7 cm³/mol. The molecule has 1 unspecified atom stereocenters. The molecule has 3 heteroatoms. The third kappa shape index (κ3) is 4.30. The Morgan fingerprint density at radius 2 is 2.16 bits per heavy atom. The molecule has 0 bridgehead atoms. The number of ether oxygens (including phenoxy) is 1. The lowest BCUT2D eigenvalue weighted by Crippen LogP contribution is -2.33. The quantitative estimate of drug-likeness (QED) is 0.800. The third-order valence-electron chi connectivity index (χ3n) is 4.36. The molecule has 1 atom stereocenters. The molecule has 0 saturated heterocycles. The first-order chi connectivity index (χ1) is 9.12. The van der Waals surface area contributed by atoms with Crippen LogP contribution >= 0.6 is 11.3 Å². The summed E-state index contributed by atoms with van der Waals surface area (Å²) in [5.41, 5.74) is -0.0251. The molecule has 2 nitrogen and oxygen atoms in total. The van der Waals surface area contributed by atoms with E-state index in [2.05, 4.69) is 36.7 Å². The molecule has 0 aromatic carbocycles. The molecule has 1 aromatic heterocycles. The SMILES string of the molecule is COC(C)(C)CCNC(c1cccs1)C1CCCC1. The molecule has 0 radical (unpaired) electrons. The average molecular weight is 281 g/mol. The summed E-state index contributed by atoms with van der Waals surface area (Å²) in [5.74, 6) is 0.823. The van der Waals surface area contributed by atoms with E-state index in [0.29, 0.717) is 6.04 Å². The fourth-order valence-corrected chi connectivity index (χ4v) is 3.78. The lowest BCUT2D eigenvalue weighted by atomic mass is 9.96. The number of nitrogens with one attached hydrogen (secondary N) is 1. The maximum atomic E-state index is 5.50. The van der Waals surface area contributed by atoms with E-state index < -0.39 is 0 Å². The number of thiophene rings is 1. The smallest absolute Gasteiger partial charge is 0.0634 e. The van der Waals surface area contributed by atoms with Crippen molar-refractivity contribution in [2.45, 2.75) is 57.6 Å². The minimum Gasteiger partial charge on any atom is -0.379 e. The molecule has 108 valence electrons. The Balaban J connectivity index is 1.91. The maximum Gasteiger partial charge on any atom is 0.0634 e. The van der Waals surface area contributed by atoms with Crippen molar-refractivity contribution in [3.05, 3.63) is 22.4 Å². The largest absolute Gasteiger partial charge is 0.379 e. The van der Waals surface area contributed by atoms with Gasteiger partial charge in [0.15, 0.2) is 0 Å². The summed E-state index contributed by atoms with van der Waals surface area (Å²) in [7, 11) is 1.80. The van der Waals surface area contributed by atoms with Gasteiger partial charge in [-0.3, -0.25) is 0 Å². The van der Waals surface area contributed by atoms with Crippen LogP contribution in [0, 0.1) is 5.92 Å². The molecule has 0 amide bonds. The molecular weight excluding hydrogens is 254 g/mol. The topological polar surface area (TPSA) is 21.3 Å². The first kappa shape index (κ1) is 15.0. The van der Waals surface area contributed by atoms with Crippen LogP contribution in [0.2, 0.25) is 0 Å². The van der Waals surface area contributed by atoms with Crippen molar-refractivity contribution in [2.24, 2.45) is 5.92 Å². The van der Waals surface area contributed by atoms with E-state index in [4.69, 9.17) is 4.74 Å². The Morgan fingerprint density at radius 3 is 2.74 bits per heavy atom. The lowest BCUT2D eigenvalue weighted by Gasteiger charge is -2.27. The molecule has 1 saturated carbocycles. The van der Waals surface area contributed by atoms with Crippen LogP contribution in [0.4, 0.5) is 0 Å². The highest BCUT2D eigenvalue weighted by Crippen LogP contribution is 2.37. The van der Waals surface area contributed by atoms with Crippen molar-refractivity contribution in [1.29, 1.82) is 0 Å². The zero-order valence-corrected chi connectivity index (χ0v) is 13.3. The molecule has 1 heterocycles. The number of rotatable bonds is 7. The van der Waals surface area contributed by atoms with Crippen LogP contribution in [0.5, 0.6) is 0 Å². The zero-order chi connectivity index (χ0) is 13.7. The van der Waals surface area contributed by atoms with E-state index in [-0.39, 0.29) is 5.60 Å². The summed E-state index contributed by atoms with van der Waals surface area (Å²) < 4.78 is 5.50. The highest BCUT2D eigenvalue weighted by Gasteiger charge is 2.27. The van der Waals surface area contributed by atoms with E-state index in [1.54, 1.807) is 7.11 Å². The van der Waals surface area contributed by atoms with Gasteiger partial charge in [0.1, 0.15) is 0 Å². The predicted octanol–water partition coefficient (Wildman–Crippen LogP) is 4.38. The van der Waals surface area contributed by atoms with E-state index in [1.165, 1.54) is 30.6 Å². The van der Waals surface area contributed by atoms with Gasteiger partial charge in [-0.05, 0) is 57.0 Å². The Morgan fingerprint density at radius 1 is 1.42 bits per heavy atom. The van der Waals surface area contributed by atoms with E-state index in [1.807, 2.05) is 11.3 Å². The Hall–Kier alpha value is -0.380. The molecule has 1 aliphatic rings. The molecule has 2 rings (SSSR count). The van der Waals surface area contributed by atoms with Crippen molar-refractivity contribution >= 4 is 11.3 Å². The van der Waals surface area contributed by atoms with Crippen LogP contribution < -0.4 is 5.32 Å². The van der Waals surface area contributed by atoms with Gasteiger partial charge in [-0.25, -0.2) is 0 Å². The summed E-state index contributed by atoms with van der Waals surface area (Å²) in [5, 5.41) is 5.98. The number of hydrogen-bond donors (Lipinski definition) is 1. The molecule has 1 N–H and O–H groups in total. The van der Waals surface area contributed by atoms with Gasteiger partial charge in [0.25, 0.3) is 0 Å². The van der Waals surface area contributed by atoms with Crippen LogP contribution in [-0.4, -0.2) is 19.3 Å². The Kier molecular flexibility index (Phi) is 5.43. The monoisotopic (exact) mass is 281 g/mol. The van der Waals surface area contributed by atoms with Crippen LogP contribution in [0.15, 0.2) is 17.5 Å². The van der Waals surface area contributed by atoms with Crippen LogP contribution in [0.1, 0.15) is 56.9 Å². The standard InChI is InChI=1S/C16H27NOS/c1-16(2,18-3)10-11-17-15(13-7-4-5-8-13)14-9-6-12-19-14/h6,9,12-13,15,17H,4-5,7-8,10-11H2,1-3H3. The summed E-state index contributed by atoms with van der Waals surface area (Å²) in [6.45, 7) is 5.34. The molecule has 0 spiro atoms. The molecule has 1 aliphatic carbocycles. The molecule has 0 aliphatic heterocycles. The van der Waals surface area contributed by atoms with Gasteiger partial charge in [-0.1, -0.05) is 18.9 Å². The van der Waals surface area contributed by atoms with Crippen LogP contribution in [0.3, 0.4) is 0 Å². The Bertz CT molecular complexity index is 355. The second-order valence-electron chi connectivity index (χ2n) is 6.21. The second kappa shape index (κ2) is 6.87. The minimum absolute atomic E-state index is 0.0251. The normalized spacial score (nSPS) is 18.9. The highest BCUT2D eigenvalue weighted by molar-refractivity contribution is 7.10. The van der Waals surface area contributed by atoms with Crippen LogP contribution in [-0.2, 0) is 4.74 Å².